The minimum absolute atomic E-state index is 0.294. The second-order valence-corrected chi connectivity index (χ2v) is 9.26. The average molecular weight is 537 g/mol. The molecule has 0 radical (unpaired) electrons. The summed E-state index contributed by atoms with van der Waals surface area (Å²) in [4.78, 5) is 34.6. The molecule has 0 aromatic heterocycles. The van der Waals surface area contributed by atoms with Crippen LogP contribution >= 0.6 is 15.9 Å². The van der Waals surface area contributed by atoms with Crippen LogP contribution in [0.15, 0.2) is 77.3 Å². The fourth-order valence-electron chi connectivity index (χ4n) is 4.58. The van der Waals surface area contributed by atoms with Crippen molar-refractivity contribution in [2.24, 2.45) is 5.92 Å². The van der Waals surface area contributed by atoms with E-state index < -0.39 is 18.1 Å². The number of carbonyl (C=O) groups is 2. The number of methoxy groups -OCH3 is 1. The van der Waals surface area contributed by atoms with Gasteiger partial charge >= 0.3 is 0 Å². The number of hydrogen-bond donors (Lipinski definition) is 0. The lowest BCUT2D eigenvalue weighted by Crippen LogP contribution is -2.37. The fourth-order valence-corrected chi connectivity index (χ4v) is 5.14. The largest absolute Gasteiger partial charge is 0.496 e. The molecule has 35 heavy (non-hydrogen) atoms. The maximum absolute atomic E-state index is 13.8. The van der Waals surface area contributed by atoms with Gasteiger partial charge in [0.2, 0.25) is 5.91 Å². The summed E-state index contributed by atoms with van der Waals surface area (Å²) in [6, 6.07) is 21.6. The molecule has 5 rings (SSSR count). The van der Waals surface area contributed by atoms with Gasteiger partial charge in [-0.15, -0.1) is 0 Å². The lowest BCUT2D eigenvalue weighted by molar-refractivity contribution is -0.126. The number of para-hydroxylation sites is 1. The number of benzene rings is 3. The Balaban J connectivity index is 1.51. The highest BCUT2D eigenvalue weighted by Crippen LogP contribution is 2.48. The van der Waals surface area contributed by atoms with E-state index in [4.69, 9.17) is 14.3 Å². The number of carbonyl (C=O) groups excluding carboxylic acids is 2. The monoisotopic (exact) mass is 536 g/mol. The normalized spacial score (nSPS) is 21.4. The van der Waals surface area contributed by atoms with E-state index in [1.165, 1.54) is 4.90 Å². The molecule has 180 valence electrons. The van der Waals surface area contributed by atoms with Crippen LogP contribution in [0.25, 0.3) is 0 Å². The standard InChI is InChI=1S/C27H25BrN2O5/c1-3-15-34-20-12-10-18(11-13-20)29-26(31)23-24(17-9-14-22(33-2)21(28)16-17)30(35-25(23)27(29)32)19-7-5-4-6-8-19/h4-14,16,23-25H,3,15H2,1-2H3/t23-,24-,25-/m0/s1. The second kappa shape index (κ2) is 9.71. The molecule has 2 heterocycles. The third-order valence-corrected chi connectivity index (χ3v) is 6.83. The van der Waals surface area contributed by atoms with Gasteiger partial charge in [0.15, 0.2) is 6.10 Å². The summed E-state index contributed by atoms with van der Waals surface area (Å²) in [6.07, 6.45) is -0.0311. The van der Waals surface area contributed by atoms with Crippen molar-refractivity contribution in [1.82, 2.24) is 0 Å². The number of halogens is 1. The van der Waals surface area contributed by atoms with Crippen molar-refractivity contribution < 1.29 is 23.9 Å². The molecule has 0 spiro atoms. The van der Waals surface area contributed by atoms with Gasteiger partial charge in [-0.1, -0.05) is 31.2 Å². The highest BCUT2D eigenvalue weighted by Gasteiger charge is 2.60. The SMILES string of the molecule is CCCOc1ccc(N2C(=O)[C@@H]3[C@H](ON(c4ccccc4)[C@H]3c3ccc(OC)c(Br)c3)C2=O)cc1. The molecule has 8 heteroatoms. The number of hydrogen-bond acceptors (Lipinski definition) is 6. The number of amides is 2. The van der Waals surface area contributed by atoms with Gasteiger partial charge in [0, 0.05) is 0 Å². The van der Waals surface area contributed by atoms with Crippen molar-refractivity contribution in [1.29, 1.82) is 0 Å². The van der Waals surface area contributed by atoms with Gasteiger partial charge < -0.3 is 9.47 Å². The van der Waals surface area contributed by atoms with Crippen LogP contribution in [0.2, 0.25) is 0 Å². The molecule has 7 nitrogen and oxygen atoms in total. The Bertz CT molecular complexity index is 1230. The van der Waals surface area contributed by atoms with Crippen LogP contribution in [0.4, 0.5) is 11.4 Å². The number of anilines is 2. The molecule has 0 aliphatic carbocycles. The summed E-state index contributed by atoms with van der Waals surface area (Å²) >= 11 is 3.54. The zero-order chi connectivity index (χ0) is 24.5. The number of nitrogens with zero attached hydrogens (tertiary/aromatic N) is 2. The van der Waals surface area contributed by atoms with Crippen LogP contribution in [-0.2, 0) is 14.4 Å². The van der Waals surface area contributed by atoms with E-state index in [2.05, 4.69) is 15.9 Å². The molecular formula is C27H25BrN2O5. The van der Waals surface area contributed by atoms with E-state index in [1.54, 1.807) is 36.4 Å². The maximum atomic E-state index is 13.8. The third kappa shape index (κ3) is 4.17. The molecule has 0 saturated carbocycles. The zero-order valence-corrected chi connectivity index (χ0v) is 21.0. The molecule has 0 unspecified atom stereocenters. The minimum Gasteiger partial charge on any atom is -0.496 e. The smallest absolute Gasteiger partial charge is 0.266 e. The highest BCUT2D eigenvalue weighted by atomic mass is 79.9. The first-order chi connectivity index (χ1) is 17.0. The average Bonchev–Trinajstić information content (AvgIpc) is 3.39. The number of fused-ring (bicyclic) bond motifs is 1. The summed E-state index contributed by atoms with van der Waals surface area (Å²) in [5, 5.41) is 1.68. The molecule has 2 saturated heterocycles. The summed E-state index contributed by atoms with van der Waals surface area (Å²) < 4.78 is 11.8. The van der Waals surface area contributed by atoms with Crippen LogP contribution < -0.4 is 19.4 Å². The Morgan fingerprint density at radius 3 is 2.34 bits per heavy atom. The fraction of sp³-hybridized carbons (Fsp3) is 0.259. The van der Waals surface area contributed by atoms with Crippen molar-refractivity contribution in [3.8, 4) is 11.5 Å². The van der Waals surface area contributed by atoms with Gasteiger partial charge in [0.1, 0.15) is 17.4 Å². The zero-order valence-electron chi connectivity index (χ0n) is 19.4. The number of ether oxygens (including phenoxy) is 2. The number of rotatable bonds is 7. The molecule has 3 aromatic rings. The van der Waals surface area contributed by atoms with Crippen LogP contribution in [0.3, 0.4) is 0 Å². The van der Waals surface area contributed by atoms with E-state index >= 15 is 0 Å². The van der Waals surface area contributed by atoms with Crippen LogP contribution in [0, 0.1) is 5.92 Å². The van der Waals surface area contributed by atoms with Gasteiger partial charge in [-0.25, -0.2) is 9.96 Å². The summed E-state index contributed by atoms with van der Waals surface area (Å²) in [6.45, 7) is 2.64. The highest BCUT2D eigenvalue weighted by molar-refractivity contribution is 9.10. The molecule has 3 aromatic carbocycles. The molecule has 3 atom stereocenters. The predicted molar refractivity (Wildman–Crippen MR) is 135 cm³/mol. The molecule has 2 fully saturated rings. The number of imide groups is 1. The molecule has 2 aliphatic heterocycles. The summed E-state index contributed by atoms with van der Waals surface area (Å²) in [5.74, 6) is -0.00601. The van der Waals surface area contributed by atoms with Gasteiger partial charge in [0.05, 0.1) is 35.6 Å². The van der Waals surface area contributed by atoms with E-state index in [0.29, 0.717) is 23.8 Å². The Morgan fingerprint density at radius 2 is 1.69 bits per heavy atom. The van der Waals surface area contributed by atoms with Crippen molar-refractivity contribution in [3.63, 3.8) is 0 Å². The Hall–Kier alpha value is -3.36. The van der Waals surface area contributed by atoms with E-state index in [9.17, 15) is 9.59 Å². The maximum Gasteiger partial charge on any atom is 0.266 e. The molecule has 2 amide bonds. The third-order valence-electron chi connectivity index (χ3n) is 6.21. The number of hydroxylamine groups is 1. The van der Waals surface area contributed by atoms with Crippen molar-refractivity contribution in [3.05, 3.63) is 82.8 Å². The van der Waals surface area contributed by atoms with E-state index in [-0.39, 0.29) is 11.8 Å². The minimum atomic E-state index is -0.926. The van der Waals surface area contributed by atoms with E-state index in [1.807, 2.05) is 55.5 Å². The Labute approximate surface area is 212 Å². The Morgan fingerprint density at radius 1 is 0.943 bits per heavy atom. The first-order valence-electron chi connectivity index (χ1n) is 11.5. The molecule has 0 bridgehead atoms. The van der Waals surface area contributed by atoms with Gasteiger partial charge in [-0.2, -0.15) is 0 Å². The lowest BCUT2D eigenvalue weighted by atomic mass is 9.90. The first kappa shape index (κ1) is 23.4. The van der Waals surface area contributed by atoms with Gasteiger partial charge in [-0.3, -0.25) is 14.4 Å². The molecular weight excluding hydrogens is 512 g/mol. The van der Waals surface area contributed by atoms with Crippen molar-refractivity contribution in [2.75, 3.05) is 23.7 Å². The van der Waals surface area contributed by atoms with Crippen LogP contribution in [0.5, 0.6) is 11.5 Å². The predicted octanol–water partition coefficient (Wildman–Crippen LogP) is 5.30. The van der Waals surface area contributed by atoms with Crippen molar-refractivity contribution >= 4 is 39.1 Å². The van der Waals surface area contributed by atoms with Gasteiger partial charge in [0.25, 0.3) is 5.91 Å². The van der Waals surface area contributed by atoms with Gasteiger partial charge in [-0.05, 0) is 76.4 Å². The quantitative estimate of drug-likeness (QED) is 0.382. The topological polar surface area (TPSA) is 68.3 Å². The lowest BCUT2D eigenvalue weighted by Gasteiger charge is -2.29. The second-order valence-electron chi connectivity index (χ2n) is 8.41. The van der Waals surface area contributed by atoms with E-state index in [0.717, 1.165) is 22.1 Å². The summed E-state index contributed by atoms with van der Waals surface area (Å²) in [5.41, 5.74) is 2.10. The van der Waals surface area contributed by atoms with Crippen LogP contribution in [0.1, 0.15) is 24.9 Å². The summed E-state index contributed by atoms with van der Waals surface area (Å²) in [7, 11) is 1.60. The molecule has 0 N–H and O–H groups in total. The first-order valence-corrected chi connectivity index (χ1v) is 12.3. The van der Waals surface area contributed by atoms with Crippen molar-refractivity contribution in [2.45, 2.75) is 25.5 Å². The molecule has 2 aliphatic rings. The Kier molecular flexibility index (Phi) is 6.49. The van der Waals surface area contributed by atoms with Crippen LogP contribution in [-0.4, -0.2) is 31.6 Å².